The van der Waals surface area contributed by atoms with E-state index < -0.39 is 0 Å². The summed E-state index contributed by atoms with van der Waals surface area (Å²) in [6.07, 6.45) is 9.39. The van der Waals surface area contributed by atoms with Gasteiger partial charge < -0.3 is 19.7 Å². The number of nitrogens with one attached hydrogen (secondary N) is 1. The highest BCUT2D eigenvalue weighted by atomic mass is 16.5. The standard InChI is InChI=1S/C21H38N2O3/c1-17(2)6-5-7-18(3)15-23-12-10-21(11-13-23)9-8-19(26-21)14-22-20(24)16-25-4/h6,18-19H,5,7-16H2,1-4H3,(H,22,24)/t18-,19+/m0/s1. The van der Waals surface area contributed by atoms with Gasteiger partial charge in [0.05, 0.1) is 11.7 Å². The lowest BCUT2D eigenvalue weighted by Gasteiger charge is -2.40. The van der Waals surface area contributed by atoms with E-state index in [1.807, 2.05) is 0 Å². The maximum atomic E-state index is 11.5. The largest absolute Gasteiger partial charge is 0.375 e. The molecule has 0 saturated carbocycles. The maximum Gasteiger partial charge on any atom is 0.246 e. The third-order valence-corrected chi connectivity index (χ3v) is 5.69. The maximum absolute atomic E-state index is 11.5. The number of nitrogens with zero attached hydrogens (tertiary/aromatic N) is 1. The lowest BCUT2D eigenvalue weighted by Crippen LogP contribution is -2.46. The van der Waals surface area contributed by atoms with Crippen LogP contribution < -0.4 is 5.32 Å². The molecule has 1 spiro atoms. The van der Waals surface area contributed by atoms with Gasteiger partial charge in [-0.25, -0.2) is 0 Å². The average Bonchev–Trinajstić information content (AvgIpc) is 2.98. The predicted octanol–water partition coefficient (Wildman–Crippen LogP) is 3.15. The van der Waals surface area contributed by atoms with Crippen molar-refractivity contribution < 1.29 is 14.3 Å². The van der Waals surface area contributed by atoms with E-state index in [0.29, 0.717) is 6.54 Å². The summed E-state index contributed by atoms with van der Waals surface area (Å²) in [6, 6.07) is 0. The molecule has 5 heteroatoms. The van der Waals surface area contributed by atoms with Gasteiger partial charge in [0, 0.05) is 33.3 Å². The molecular weight excluding hydrogens is 328 g/mol. The van der Waals surface area contributed by atoms with Crippen molar-refractivity contribution in [2.45, 2.75) is 71.0 Å². The highest BCUT2D eigenvalue weighted by Gasteiger charge is 2.42. The molecule has 0 unspecified atom stereocenters. The first-order chi connectivity index (χ1) is 12.4. The normalized spacial score (nSPS) is 23.8. The van der Waals surface area contributed by atoms with Gasteiger partial charge in [0.25, 0.3) is 0 Å². The SMILES string of the molecule is COCC(=O)NC[C@H]1CCC2(CCN(C[C@@H](C)CCC=C(C)C)CC2)O1. The number of hydrogen-bond acceptors (Lipinski definition) is 4. The summed E-state index contributed by atoms with van der Waals surface area (Å²) in [5, 5.41) is 2.91. The highest BCUT2D eigenvalue weighted by molar-refractivity contribution is 5.77. The van der Waals surface area contributed by atoms with Crippen LogP contribution in [-0.4, -0.2) is 62.4 Å². The molecule has 5 nitrogen and oxygen atoms in total. The van der Waals surface area contributed by atoms with Gasteiger partial charge in [0.1, 0.15) is 6.61 Å². The Bertz CT molecular complexity index is 466. The number of methoxy groups -OCH3 is 1. The van der Waals surface area contributed by atoms with E-state index in [-0.39, 0.29) is 24.2 Å². The fraction of sp³-hybridized carbons (Fsp3) is 0.857. The Balaban J connectivity index is 1.66. The van der Waals surface area contributed by atoms with Crippen LogP contribution in [0, 0.1) is 5.92 Å². The molecule has 2 aliphatic rings. The quantitative estimate of drug-likeness (QED) is 0.637. The minimum atomic E-state index is -0.0611. The van der Waals surface area contributed by atoms with E-state index in [4.69, 9.17) is 9.47 Å². The zero-order valence-corrected chi connectivity index (χ0v) is 17.2. The topological polar surface area (TPSA) is 50.8 Å². The highest BCUT2D eigenvalue weighted by Crippen LogP contribution is 2.38. The number of hydrogen-bond donors (Lipinski definition) is 1. The summed E-state index contributed by atoms with van der Waals surface area (Å²) in [5.41, 5.74) is 1.47. The van der Waals surface area contributed by atoms with E-state index >= 15 is 0 Å². The van der Waals surface area contributed by atoms with Gasteiger partial charge in [0.15, 0.2) is 0 Å². The molecule has 26 heavy (non-hydrogen) atoms. The van der Waals surface area contributed by atoms with E-state index in [1.54, 1.807) is 0 Å². The summed E-state index contributed by atoms with van der Waals surface area (Å²) in [5.74, 6) is 0.682. The van der Waals surface area contributed by atoms with Crippen molar-refractivity contribution in [1.82, 2.24) is 10.2 Å². The number of carbonyl (C=O) groups is 1. The Morgan fingerprint density at radius 2 is 2.08 bits per heavy atom. The molecule has 2 atom stereocenters. The summed E-state index contributed by atoms with van der Waals surface area (Å²) in [4.78, 5) is 14.1. The molecule has 2 saturated heterocycles. The van der Waals surface area contributed by atoms with Crippen molar-refractivity contribution in [3.63, 3.8) is 0 Å². The van der Waals surface area contributed by atoms with Gasteiger partial charge in [-0.2, -0.15) is 0 Å². The van der Waals surface area contributed by atoms with Crippen molar-refractivity contribution in [1.29, 1.82) is 0 Å². The fourth-order valence-electron chi connectivity index (χ4n) is 4.15. The van der Waals surface area contributed by atoms with Gasteiger partial charge in [0.2, 0.25) is 5.91 Å². The summed E-state index contributed by atoms with van der Waals surface area (Å²) < 4.78 is 11.2. The molecule has 0 aliphatic carbocycles. The van der Waals surface area contributed by atoms with Crippen LogP contribution in [0.15, 0.2) is 11.6 Å². The summed E-state index contributed by atoms with van der Waals surface area (Å²) in [6.45, 7) is 10.9. The Labute approximate surface area is 159 Å². The minimum Gasteiger partial charge on any atom is -0.375 e. The number of rotatable bonds is 9. The molecular formula is C21H38N2O3. The van der Waals surface area contributed by atoms with Crippen LogP contribution in [0.2, 0.25) is 0 Å². The van der Waals surface area contributed by atoms with Crippen molar-refractivity contribution in [2.75, 3.05) is 39.9 Å². The fourth-order valence-corrected chi connectivity index (χ4v) is 4.15. The summed E-state index contributed by atoms with van der Waals surface area (Å²) >= 11 is 0. The Kier molecular flexibility index (Phi) is 8.58. The van der Waals surface area contributed by atoms with E-state index in [1.165, 1.54) is 32.1 Å². The van der Waals surface area contributed by atoms with Crippen molar-refractivity contribution in [3.05, 3.63) is 11.6 Å². The van der Waals surface area contributed by atoms with Crippen molar-refractivity contribution in [2.24, 2.45) is 5.92 Å². The van der Waals surface area contributed by atoms with E-state index in [2.05, 4.69) is 37.1 Å². The molecule has 2 aliphatic heterocycles. The Morgan fingerprint density at radius 3 is 2.73 bits per heavy atom. The lowest BCUT2D eigenvalue weighted by molar-refractivity contribution is -0.126. The Hall–Kier alpha value is -0.910. The minimum absolute atomic E-state index is 0.0540. The molecule has 0 aromatic carbocycles. The third-order valence-electron chi connectivity index (χ3n) is 5.69. The van der Waals surface area contributed by atoms with Gasteiger partial charge in [-0.15, -0.1) is 0 Å². The molecule has 150 valence electrons. The van der Waals surface area contributed by atoms with Crippen LogP contribution in [-0.2, 0) is 14.3 Å². The number of amides is 1. The number of allylic oxidation sites excluding steroid dienone is 2. The van der Waals surface area contributed by atoms with Crippen LogP contribution in [0.1, 0.15) is 59.3 Å². The second-order valence-electron chi connectivity index (χ2n) is 8.46. The van der Waals surface area contributed by atoms with Crippen LogP contribution in [0.25, 0.3) is 0 Å². The molecule has 0 bridgehead atoms. The zero-order chi connectivity index (χ0) is 19.0. The number of likely N-dealkylation sites (tertiary alicyclic amines) is 1. The van der Waals surface area contributed by atoms with Gasteiger partial charge in [-0.1, -0.05) is 18.6 Å². The van der Waals surface area contributed by atoms with E-state index in [0.717, 1.165) is 44.7 Å². The first kappa shape index (κ1) is 21.4. The number of carbonyl (C=O) groups excluding carboxylic acids is 1. The predicted molar refractivity (Wildman–Crippen MR) is 105 cm³/mol. The molecule has 0 aromatic heterocycles. The Morgan fingerprint density at radius 1 is 1.35 bits per heavy atom. The van der Waals surface area contributed by atoms with Crippen LogP contribution in [0.4, 0.5) is 0 Å². The molecule has 0 radical (unpaired) electrons. The zero-order valence-electron chi connectivity index (χ0n) is 17.2. The molecule has 1 amide bonds. The van der Waals surface area contributed by atoms with Crippen LogP contribution in [0.5, 0.6) is 0 Å². The second-order valence-corrected chi connectivity index (χ2v) is 8.46. The first-order valence-corrected chi connectivity index (χ1v) is 10.2. The average molecular weight is 367 g/mol. The number of ether oxygens (including phenoxy) is 2. The summed E-state index contributed by atoms with van der Waals surface area (Å²) in [7, 11) is 1.54. The van der Waals surface area contributed by atoms with Gasteiger partial charge >= 0.3 is 0 Å². The van der Waals surface area contributed by atoms with Crippen LogP contribution in [0.3, 0.4) is 0 Å². The molecule has 1 N–H and O–H groups in total. The van der Waals surface area contributed by atoms with Crippen molar-refractivity contribution in [3.8, 4) is 0 Å². The second kappa shape index (κ2) is 10.4. The first-order valence-electron chi connectivity index (χ1n) is 10.2. The monoisotopic (exact) mass is 366 g/mol. The smallest absolute Gasteiger partial charge is 0.246 e. The van der Waals surface area contributed by atoms with Gasteiger partial charge in [-0.05, 0) is 58.3 Å². The van der Waals surface area contributed by atoms with Crippen LogP contribution >= 0.6 is 0 Å². The third kappa shape index (κ3) is 7.01. The van der Waals surface area contributed by atoms with Gasteiger partial charge in [-0.3, -0.25) is 4.79 Å². The number of piperidine rings is 1. The van der Waals surface area contributed by atoms with Crippen molar-refractivity contribution >= 4 is 5.91 Å². The molecule has 2 fully saturated rings. The lowest BCUT2D eigenvalue weighted by atomic mass is 9.88. The molecule has 2 rings (SSSR count). The molecule has 2 heterocycles. The molecule has 0 aromatic rings. The van der Waals surface area contributed by atoms with E-state index in [9.17, 15) is 4.79 Å².